The molecule has 1 aliphatic carbocycles. The molecule has 0 bridgehead atoms. The molecule has 0 aliphatic heterocycles. The molecular weight excluding hydrogens is 224 g/mol. The Morgan fingerprint density at radius 3 is 3.00 bits per heavy atom. The van der Waals surface area contributed by atoms with Crippen LogP contribution in [0.25, 0.3) is 0 Å². The third kappa shape index (κ3) is 4.67. The van der Waals surface area contributed by atoms with Crippen LogP contribution in [0.5, 0.6) is 0 Å². The summed E-state index contributed by atoms with van der Waals surface area (Å²) in [6.45, 7) is 5.75. The minimum atomic E-state index is 0.843. The van der Waals surface area contributed by atoms with E-state index in [2.05, 4.69) is 18.3 Å². The normalized spacial score (nSPS) is 14.9. The van der Waals surface area contributed by atoms with Crippen LogP contribution in [-0.4, -0.2) is 19.8 Å². The molecule has 0 unspecified atom stereocenters. The Labute approximate surface area is 110 Å². The van der Waals surface area contributed by atoms with Crippen LogP contribution in [0.1, 0.15) is 30.4 Å². The monoisotopic (exact) mass is 248 g/mol. The van der Waals surface area contributed by atoms with Crippen molar-refractivity contribution in [2.45, 2.75) is 32.7 Å². The molecular formula is C15H24N2O. The summed E-state index contributed by atoms with van der Waals surface area (Å²) in [4.78, 5) is 0. The van der Waals surface area contributed by atoms with Crippen LogP contribution in [0.4, 0.5) is 5.69 Å². The molecule has 1 fully saturated rings. The smallest absolute Gasteiger partial charge is 0.0494 e. The van der Waals surface area contributed by atoms with E-state index in [-0.39, 0.29) is 0 Å². The first-order chi connectivity index (χ1) is 8.75. The highest BCUT2D eigenvalue weighted by atomic mass is 16.5. The number of ether oxygens (including phenoxy) is 1. The molecule has 0 amide bonds. The van der Waals surface area contributed by atoms with Crippen molar-refractivity contribution < 1.29 is 4.74 Å². The number of benzene rings is 1. The summed E-state index contributed by atoms with van der Waals surface area (Å²) >= 11 is 0. The Hall–Kier alpha value is -1.06. The molecule has 2 rings (SSSR count). The van der Waals surface area contributed by atoms with Gasteiger partial charge in [0.05, 0.1) is 0 Å². The number of rotatable bonds is 8. The third-order valence-corrected chi connectivity index (χ3v) is 3.31. The van der Waals surface area contributed by atoms with Gasteiger partial charge < -0.3 is 15.8 Å². The van der Waals surface area contributed by atoms with Crippen molar-refractivity contribution >= 4 is 5.69 Å². The number of nitrogen functional groups attached to an aromatic ring is 1. The standard InChI is InChI=1S/C15H24N2O/c1-12-3-6-15(16)14(9-12)10-17-7-2-8-18-11-13-4-5-13/h3,6,9,13,17H,2,4-5,7-8,10-11,16H2,1H3. The summed E-state index contributed by atoms with van der Waals surface area (Å²) < 4.78 is 5.59. The zero-order valence-corrected chi connectivity index (χ0v) is 11.2. The first-order valence-corrected chi connectivity index (χ1v) is 6.89. The number of anilines is 1. The molecule has 0 radical (unpaired) electrons. The summed E-state index contributed by atoms with van der Waals surface area (Å²) in [6, 6.07) is 6.17. The van der Waals surface area contributed by atoms with Crippen molar-refractivity contribution in [1.82, 2.24) is 5.32 Å². The zero-order valence-electron chi connectivity index (χ0n) is 11.2. The zero-order chi connectivity index (χ0) is 12.8. The molecule has 1 aliphatic rings. The molecule has 3 nitrogen and oxygen atoms in total. The second kappa shape index (κ2) is 6.76. The second-order valence-corrected chi connectivity index (χ2v) is 5.25. The summed E-state index contributed by atoms with van der Waals surface area (Å²) in [5.41, 5.74) is 9.25. The fourth-order valence-corrected chi connectivity index (χ4v) is 1.94. The van der Waals surface area contributed by atoms with Gasteiger partial charge in [0.15, 0.2) is 0 Å². The van der Waals surface area contributed by atoms with E-state index in [1.54, 1.807) is 0 Å². The largest absolute Gasteiger partial charge is 0.398 e. The fraction of sp³-hybridized carbons (Fsp3) is 0.600. The van der Waals surface area contributed by atoms with E-state index in [1.807, 2.05) is 12.1 Å². The van der Waals surface area contributed by atoms with Crippen molar-refractivity contribution in [3.05, 3.63) is 29.3 Å². The quantitative estimate of drug-likeness (QED) is 0.549. The van der Waals surface area contributed by atoms with E-state index >= 15 is 0 Å². The molecule has 1 saturated carbocycles. The van der Waals surface area contributed by atoms with Gasteiger partial charge in [0.1, 0.15) is 0 Å². The number of hydrogen-bond donors (Lipinski definition) is 2. The van der Waals surface area contributed by atoms with Crippen molar-refractivity contribution in [3.8, 4) is 0 Å². The summed E-state index contributed by atoms with van der Waals surface area (Å²) in [7, 11) is 0. The predicted octanol–water partition coefficient (Wildman–Crippen LogP) is 2.48. The van der Waals surface area contributed by atoms with Crippen molar-refractivity contribution in [2.75, 3.05) is 25.5 Å². The molecule has 0 spiro atoms. The predicted molar refractivity (Wildman–Crippen MR) is 75.5 cm³/mol. The van der Waals surface area contributed by atoms with Gasteiger partial charge in [-0.1, -0.05) is 17.7 Å². The highest BCUT2D eigenvalue weighted by molar-refractivity contribution is 5.48. The highest BCUT2D eigenvalue weighted by Crippen LogP contribution is 2.28. The summed E-state index contributed by atoms with van der Waals surface area (Å²) in [5, 5.41) is 3.41. The molecule has 1 aromatic carbocycles. The summed E-state index contributed by atoms with van der Waals surface area (Å²) in [5.74, 6) is 0.866. The Kier molecular flexibility index (Phi) is 5.02. The van der Waals surface area contributed by atoms with Crippen LogP contribution in [0.2, 0.25) is 0 Å². The molecule has 0 aromatic heterocycles. The fourth-order valence-electron chi connectivity index (χ4n) is 1.94. The number of nitrogens with one attached hydrogen (secondary N) is 1. The molecule has 18 heavy (non-hydrogen) atoms. The van der Waals surface area contributed by atoms with Gasteiger partial charge in [-0.3, -0.25) is 0 Å². The molecule has 0 atom stereocenters. The van der Waals surface area contributed by atoms with E-state index in [0.29, 0.717) is 0 Å². The Morgan fingerprint density at radius 2 is 2.22 bits per heavy atom. The molecule has 1 aromatic rings. The van der Waals surface area contributed by atoms with Crippen LogP contribution in [0.3, 0.4) is 0 Å². The minimum absolute atomic E-state index is 0.843. The molecule has 0 saturated heterocycles. The van der Waals surface area contributed by atoms with Crippen LogP contribution < -0.4 is 11.1 Å². The van der Waals surface area contributed by atoms with Crippen LogP contribution >= 0.6 is 0 Å². The Balaban J connectivity index is 1.55. The van der Waals surface area contributed by atoms with Gasteiger partial charge in [0.2, 0.25) is 0 Å². The van der Waals surface area contributed by atoms with E-state index in [4.69, 9.17) is 10.5 Å². The van der Waals surface area contributed by atoms with Gasteiger partial charge in [0.25, 0.3) is 0 Å². The maximum atomic E-state index is 5.93. The van der Waals surface area contributed by atoms with Crippen LogP contribution in [0.15, 0.2) is 18.2 Å². The topological polar surface area (TPSA) is 47.3 Å². The average Bonchev–Trinajstić information content (AvgIpc) is 3.16. The van der Waals surface area contributed by atoms with Gasteiger partial charge in [-0.15, -0.1) is 0 Å². The minimum Gasteiger partial charge on any atom is -0.398 e. The average molecular weight is 248 g/mol. The van der Waals surface area contributed by atoms with Gasteiger partial charge >= 0.3 is 0 Å². The second-order valence-electron chi connectivity index (χ2n) is 5.25. The third-order valence-electron chi connectivity index (χ3n) is 3.31. The number of aryl methyl sites for hydroxylation is 1. The van der Waals surface area contributed by atoms with Crippen molar-refractivity contribution in [2.24, 2.45) is 5.92 Å². The van der Waals surface area contributed by atoms with Crippen LogP contribution in [-0.2, 0) is 11.3 Å². The van der Waals surface area contributed by atoms with Gasteiger partial charge in [-0.05, 0) is 50.3 Å². The lowest BCUT2D eigenvalue weighted by Crippen LogP contribution is -2.17. The first kappa shape index (κ1) is 13.4. The van der Waals surface area contributed by atoms with Gasteiger partial charge in [-0.25, -0.2) is 0 Å². The highest BCUT2D eigenvalue weighted by Gasteiger charge is 2.20. The van der Waals surface area contributed by atoms with E-state index in [1.165, 1.54) is 24.0 Å². The van der Waals surface area contributed by atoms with Gasteiger partial charge in [-0.2, -0.15) is 0 Å². The van der Waals surface area contributed by atoms with Crippen molar-refractivity contribution in [1.29, 1.82) is 0 Å². The van der Waals surface area contributed by atoms with E-state index in [0.717, 1.165) is 44.3 Å². The Morgan fingerprint density at radius 1 is 1.39 bits per heavy atom. The maximum absolute atomic E-state index is 5.93. The molecule has 3 N–H and O–H groups in total. The summed E-state index contributed by atoms with van der Waals surface area (Å²) in [6.07, 6.45) is 3.80. The van der Waals surface area contributed by atoms with E-state index < -0.39 is 0 Å². The maximum Gasteiger partial charge on any atom is 0.0494 e. The lowest BCUT2D eigenvalue weighted by Gasteiger charge is -2.09. The van der Waals surface area contributed by atoms with E-state index in [9.17, 15) is 0 Å². The SMILES string of the molecule is Cc1ccc(N)c(CNCCCOCC2CC2)c1. The number of hydrogen-bond acceptors (Lipinski definition) is 3. The van der Waals surface area contributed by atoms with Gasteiger partial charge in [0, 0.05) is 25.4 Å². The molecule has 3 heteroatoms. The lowest BCUT2D eigenvalue weighted by atomic mass is 10.1. The Bertz CT molecular complexity index is 375. The van der Waals surface area contributed by atoms with Crippen molar-refractivity contribution in [3.63, 3.8) is 0 Å². The molecule has 0 heterocycles. The first-order valence-electron chi connectivity index (χ1n) is 6.89. The molecule has 100 valence electrons. The van der Waals surface area contributed by atoms with Crippen LogP contribution in [0, 0.1) is 12.8 Å². The lowest BCUT2D eigenvalue weighted by molar-refractivity contribution is 0.122. The number of nitrogens with two attached hydrogens (primary N) is 1.